The van der Waals surface area contributed by atoms with Crippen molar-refractivity contribution in [3.8, 4) is 44.6 Å². The molecule has 0 bridgehead atoms. The van der Waals surface area contributed by atoms with Crippen molar-refractivity contribution in [3.63, 3.8) is 0 Å². The molecule has 53 heavy (non-hydrogen) atoms. The molecule has 0 spiro atoms. The molecular weight excluding hydrogens is 645 g/mol. The summed E-state index contributed by atoms with van der Waals surface area (Å²) < 4.78 is 6.53. The third kappa shape index (κ3) is 4.75. The van der Waals surface area contributed by atoms with Gasteiger partial charge >= 0.3 is 0 Å². The average molecular weight is 675 g/mol. The lowest BCUT2D eigenvalue weighted by molar-refractivity contribution is 0.670. The van der Waals surface area contributed by atoms with Crippen LogP contribution in [0.2, 0.25) is 0 Å². The van der Waals surface area contributed by atoms with E-state index in [4.69, 9.17) is 14.4 Å². The van der Waals surface area contributed by atoms with Crippen LogP contribution in [0.5, 0.6) is 0 Å². The minimum absolute atomic E-state index is 0.838. The standard InChI is InChI=1S/C50H30N2O/c1-3-11-31(12-4-1)35-23-25-39-43(27-35)44-28-36(32-13-5-2-6-14-32)24-26-40(44)49-48(39)51-30-45(52-49)34-21-19-33(20-22-34)42-29-37-15-7-8-16-38(37)47-41-17-9-10-18-46(41)53-50(42)47/h1-30H. The molecule has 0 atom stereocenters. The van der Waals surface area contributed by atoms with Crippen molar-refractivity contribution in [3.05, 3.63) is 182 Å². The van der Waals surface area contributed by atoms with Crippen LogP contribution in [0.3, 0.4) is 0 Å². The van der Waals surface area contributed by atoms with Crippen LogP contribution >= 0.6 is 0 Å². The Morgan fingerprint density at radius 2 is 0.943 bits per heavy atom. The summed E-state index contributed by atoms with van der Waals surface area (Å²) in [6, 6.07) is 62.3. The van der Waals surface area contributed by atoms with E-state index >= 15 is 0 Å². The van der Waals surface area contributed by atoms with E-state index in [1.165, 1.54) is 43.8 Å². The van der Waals surface area contributed by atoms with Crippen LogP contribution in [0.4, 0.5) is 0 Å². The molecule has 0 fully saturated rings. The first-order valence-corrected chi connectivity index (χ1v) is 18.0. The zero-order valence-electron chi connectivity index (χ0n) is 28.6. The maximum atomic E-state index is 6.53. The van der Waals surface area contributed by atoms with E-state index in [0.29, 0.717) is 0 Å². The predicted molar refractivity (Wildman–Crippen MR) is 221 cm³/mol. The maximum absolute atomic E-state index is 6.53. The molecule has 0 saturated heterocycles. The van der Waals surface area contributed by atoms with Gasteiger partial charge in [-0.25, -0.2) is 4.98 Å². The Bertz CT molecular complexity index is 3200. The highest BCUT2D eigenvalue weighted by Crippen LogP contribution is 2.42. The lowest BCUT2D eigenvalue weighted by Crippen LogP contribution is -1.93. The van der Waals surface area contributed by atoms with Gasteiger partial charge < -0.3 is 4.42 Å². The van der Waals surface area contributed by atoms with Gasteiger partial charge in [0.25, 0.3) is 0 Å². The number of hydrogen-bond acceptors (Lipinski definition) is 3. The van der Waals surface area contributed by atoms with Crippen molar-refractivity contribution in [1.29, 1.82) is 0 Å². The zero-order valence-corrected chi connectivity index (χ0v) is 28.6. The number of fused-ring (bicyclic) bond motifs is 11. The first kappa shape index (κ1) is 29.6. The molecule has 3 heteroatoms. The summed E-state index contributed by atoms with van der Waals surface area (Å²) in [5.74, 6) is 0. The minimum Gasteiger partial charge on any atom is -0.455 e. The Balaban J connectivity index is 1.08. The van der Waals surface area contributed by atoms with Gasteiger partial charge in [-0.3, -0.25) is 4.98 Å². The van der Waals surface area contributed by atoms with Gasteiger partial charge in [0.2, 0.25) is 0 Å². The molecule has 0 N–H and O–H groups in total. The van der Waals surface area contributed by atoms with E-state index in [-0.39, 0.29) is 0 Å². The van der Waals surface area contributed by atoms with Crippen LogP contribution in [0, 0.1) is 0 Å². The molecule has 3 nitrogen and oxygen atoms in total. The molecule has 0 amide bonds. The fraction of sp³-hybridized carbons (Fsp3) is 0. The van der Waals surface area contributed by atoms with Gasteiger partial charge in [0.1, 0.15) is 11.2 Å². The number of nitrogens with zero attached hydrogens (tertiary/aromatic N) is 2. The number of aromatic nitrogens is 2. The van der Waals surface area contributed by atoms with Crippen molar-refractivity contribution >= 4 is 65.3 Å². The highest BCUT2D eigenvalue weighted by atomic mass is 16.3. The topological polar surface area (TPSA) is 38.9 Å². The van der Waals surface area contributed by atoms with Crippen molar-refractivity contribution < 1.29 is 4.42 Å². The zero-order chi connectivity index (χ0) is 34.9. The number of rotatable bonds is 4. The SMILES string of the molecule is c1ccc(-c2ccc3c(c2)c2cc(-c4ccccc4)ccc2c2nc(-c4ccc(-c5cc6ccccc6c6c5oc5ccccc56)cc4)cnc32)cc1. The second-order valence-corrected chi connectivity index (χ2v) is 13.7. The number of hydrogen-bond donors (Lipinski definition) is 0. The van der Waals surface area contributed by atoms with Gasteiger partial charge in [-0.05, 0) is 73.6 Å². The summed E-state index contributed by atoms with van der Waals surface area (Å²) in [5.41, 5.74) is 12.4. The Morgan fingerprint density at radius 3 is 1.64 bits per heavy atom. The smallest absolute Gasteiger partial charge is 0.143 e. The van der Waals surface area contributed by atoms with E-state index in [9.17, 15) is 0 Å². The largest absolute Gasteiger partial charge is 0.455 e. The van der Waals surface area contributed by atoms with Crippen molar-refractivity contribution in [2.24, 2.45) is 0 Å². The molecule has 0 aliphatic heterocycles. The second kappa shape index (κ2) is 11.7. The van der Waals surface area contributed by atoms with Gasteiger partial charge in [-0.15, -0.1) is 0 Å². The minimum atomic E-state index is 0.838. The summed E-state index contributed by atoms with van der Waals surface area (Å²) in [6.07, 6.45) is 1.92. The van der Waals surface area contributed by atoms with Crippen LogP contribution in [-0.2, 0) is 0 Å². The lowest BCUT2D eigenvalue weighted by Gasteiger charge is -2.14. The van der Waals surface area contributed by atoms with Crippen LogP contribution in [0.15, 0.2) is 187 Å². The first-order valence-electron chi connectivity index (χ1n) is 18.0. The van der Waals surface area contributed by atoms with Gasteiger partial charge in [-0.2, -0.15) is 0 Å². The van der Waals surface area contributed by atoms with Crippen LogP contribution in [-0.4, -0.2) is 9.97 Å². The Morgan fingerprint density at radius 1 is 0.377 bits per heavy atom. The summed E-state index contributed by atoms with van der Waals surface area (Å²) in [7, 11) is 0. The van der Waals surface area contributed by atoms with Gasteiger partial charge in [0, 0.05) is 32.7 Å². The third-order valence-electron chi connectivity index (χ3n) is 10.7. The Kier molecular flexibility index (Phi) is 6.55. The molecule has 2 aromatic heterocycles. The van der Waals surface area contributed by atoms with Crippen molar-refractivity contribution in [2.45, 2.75) is 0 Å². The molecule has 0 aliphatic rings. The normalized spacial score (nSPS) is 11.8. The summed E-state index contributed by atoms with van der Waals surface area (Å²) in [6.45, 7) is 0. The molecular formula is C50H30N2O. The predicted octanol–water partition coefficient (Wildman–Crippen LogP) is 13.7. The molecule has 0 aliphatic carbocycles. The average Bonchev–Trinajstić information content (AvgIpc) is 3.64. The molecule has 246 valence electrons. The molecule has 2 heterocycles. The molecule has 11 rings (SSSR count). The monoisotopic (exact) mass is 674 g/mol. The van der Waals surface area contributed by atoms with Crippen molar-refractivity contribution in [1.82, 2.24) is 9.97 Å². The second-order valence-electron chi connectivity index (χ2n) is 13.7. The van der Waals surface area contributed by atoms with Gasteiger partial charge in [0.15, 0.2) is 0 Å². The molecule has 11 aromatic rings. The molecule has 0 saturated carbocycles. The van der Waals surface area contributed by atoms with E-state index in [0.717, 1.165) is 66.1 Å². The lowest BCUT2D eigenvalue weighted by atomic mass is 9.93. The van der Waals surface area contributed by atoms with Crippen LogP contribution < -0.4 is 0 Å². The molecule has 9 aromatic carbocycles. The fourth-order valence-electron chi connectivity index (χ4n) is 8.09. The summed E-state index contributed by atoms with van der Waals surface area (Å²) >= 11 is 0. The third-order valence-corrected chi connectivity index (χ3v) is 10.7. The Labute approximate surface area is 305 Å². The number of benzene rings is 9. The van der Waals surface area contributed by atoms with Crippen molar-refractivity contribution in [2.75, 3.05) is 0 Å². The Hall–Kier alpha value is -7.10. The van der Waals surface area contributed by atoms with E-state index < -0.39 is 0 Å². The van der Waals surface area contributed by atoms with E-state index in [1.807, 2.05) is 18.3 Å². The summed E-state index contributed by atoms with van der Waals surface area (Å²) in [4.78, 5) is 10.5. The van der Waals surface area contributed by atoms with Gasteiger partial charge in [-0.1, -0.05) is 152 Å². The highest BCUT2D eigenvalue weighted by Gasteiger charge is 2.18. The number of furan rings is 1. The first-order chi connectivity index (χ1) is 26.3. The molecule has 0 radical (unpaired) electrons. The molecule has 0 unspecified atom stereocenters. The quantitative estimate of drug-likeness (QED) is 0.174. The van der Waals surface area contributed by atoms with E-state index in [2.05, 4.69) is 164 Å². The summed E-state index contributed by atoms with van der Waals surface area (Å²) in [5, 5.41) is 9.21. The highest BCUT2D eigenvalue weighted by molar-refractivity contribution is 6.25. The van der Waals surface area contributed by atoms with E-state index in [1.54, 1.807) is 0 Å². The maximum Gasteiger partial charge on any atom is 0.143 e. The number of para-hydroxylation sites is 1. The fourth-order valence-corrected chi connectivity index (χ4v) is 8.09. The van der Waals surface area contributed by atoms with Gasteiger partial charge in [0.05, 0.1) is 22.9 Å². The van der Waals surface area contributed by atoms with Crippen LogP contribution in [0.25, 0.3) is 110 Å². The van der Waals surface area contributed by atoms with Crippen LogP contribution in [0.1, 0.15) is 0 Å².